The van der Waals surface area contributed by atoms with Gasteiger partial charge in [-0.3, -0.25) is 4.90 Å². The minimum Gasteiger partial charge on any atom is -0.376 e. The lowest BCUT2D eigenvalue weighted by Crippen LogP contribution is -2.46. The molecule has 1 N–H and O–H groups in total. The number of ether oxygens (including phenoxy) is 1. The number of fused-ring (bicyclic) bond motifs is 1. The molecule has 5 heteroatoms. The summed E-state index contributed by atoms with van der Waals surface area (Å²) in [6, 6.07) is 10.6. The number of carbonyl (C=O) groups excluding carboxylic acids is 1. The van der Waals surface area contributed by atoms with Crippen molar-refractivity contribution in [3.63, 3.8) is 0 Å². The highest BCUT2D eigenvalue weighted by molar-refractivity contribution is 5.73. The highest BCUT2D eigenvalue weighted by Gasteiger charge is 2.40. The van der Waals surface area contributed by atoms with Gasteiger partial charge in [-0.1, -0.05) is 30.3 Å². The molecule has 0 radical (unpaired) electrons. The van der Waals surface area contributed by atoms with E-state index in [1.54, 1.807) is 19.0 Å². The standard InChI is InChI=1S/C18H27N3O2/c1-20(2)18(22)19-10-17-16-12-21(9-8-15(16)13-23-17)11-14-6-4-3-5-7-14/h3-7,15-17H,8-13H2,1-2H3,(H,19,22)/t15-,16-,17+/m1/s1. The van der Waals surface area contributed by atoms with Gasteiger partial charge in [0.05, 0.1) is 12.7 Å². The number of likely N-dealkylation sites (tertiary alicyclic amines) is 1. The largest absolute Gasteiger partial charge is 0.376 e. The van der Waals surface area contributed by atoms with E-state index >= 15 is 0 Å². The number of hydrogen-bond acceptors (Lipinski definition) is 3. The third kappa shape index (κ3) is 4.03. The van der Waals surface area contributed by atoms with Crippen LogP contribution < -0.4 is 5.32 Å². The molecule has 2 saturated heterocycles. The summed E-state index contributed by atoms with van der Waals surface area (Å²) in [4.78, 5) is 15.8. The SMILES string of the molecule is CN(C)C(=O)NC[C@@H]1OC[C@H]2CCN(Cc3ccccc3)C[C@H]21. The first-order valence-corrected chi connectivity index (χ1v) is 8.46. The zero-order valence-corrected chi connectivity index (χ0v) is 14.1. The third-order valence-corrected chi connectivity index (χ3v) is 5.00. The zero-order valence-electron chi connectivity index (χ0n) is 14.1. The Kier molecular flexibility index (Phi) is 5.18. The fourth-order valence-corrected chi connectivity index (χ4v) is 3.64. The molecule has 0 aromatic heterocycles. The van der Waals surface area contributed by atoms with Gasteiger partial charge in [-0.25, -0.2) is 4.79 Å². The summed E-state index contributed by atoms with van der Waals surface area (Å²) in [5, 5.41) is 2.97. The lowest BCUT2D eigenvalue weighted by atomic mass is 9.84. The van der Waals surface area contributed by atoms with Crippen molar-refractivity contribution in [2.45, 2.75) is 19.1 Å². The minimum atomic E-state index is -0.0472. The third-order valence-electron chi connectivity index (χ3n) is 5.00. The van der Waals surface area contributed by atoms with Crippen molar-refractivity contribution in [3.05, 3.63) is 35.9 Å². The number of urea groups is 1. The Bertz CT molecular complexity index is 520. The van der Waals surface area contributed by atoms with E-state index in [4.69, 9.17) is 4.74 Å². The van der Waals surface area contributed by atoms with Crippen LogP contribution in [0.4, 0.5) is 4.79 Å². The average Bonchev–Trinajstić information content (AvgIpc) is 2.96. The van der Waals surface area contributed by atoms with Crippen LogP contribution in [0.5, 0.6) is 0 Å². The molecule has 23 heavy (non-hydrogen) atoms. The molecule has 0 spiro atoms. The second kappa shape index (κ2) is 7.32. The van der Waals surface area contributed by atoms with Crippen molar-refractivity contribution in [1.29, 1.82) is 0 Å². The Morgan fingerprint density at radius 3 is 2.87 bits per heavy atom. The maximum atomic E-state index is 11.7. The number of piperidine rings is 1. The average molecular weight is 317 g/mol. The summed E-state index contributed by atoms with van der Waals surface area (Å²) in [5.74, 6) is 1.17. The second-order valence-electron chi connectivity index (χ2n) is 6.89. The zero-order chi connectivity index (χ0) is 16.2. The quantitative estimate of drug-likeness (QED) is 0.921. The maximum absolute atomic E-state index is 11.7. The van der Waals surface area contributed by atoms with Gasteiger partial charge in [-0.2, -0.15) is 0 Å². The van der Waals surface area contributed by atoms with Crippen LogP contribution in [0, 0.1) is 11.8 Å². The van der Waals surface area contributed by atoms with Crippen molar-refractivity contribution >= 4 is 6.03 Å². The molecule has 2 aliphatic rings. The van der Waals surface area contributed by atoms with Crippen LogP contribution in [0.2, 0.25) is 0 Å². The van der Waals surface area contributed by atoms with Gasteiger partial charge in [-0.05, 0) is 24.4 Å². The number of benzene rings is 1. The molecule has 3 atom stereocenters. The summed E-state index contributed by atoms with van der Waals surface area (Å²) < 4.78 is 5.97. The lowest BCUT2D eigenvalue weighted by molar-refractivity contribution is 0.0744. The Morgan fingerprint density at radius 2 is 2.13 bits per heavy atom. The number of rotatable bonds is 4. The Balaban J connectivity index is 1.54. The Labute approximate surface area is 138 Å². The Hall–Kier alpha value is -1.59. The van der Waals surface area contributed by atoms with E-state index in [1.165, 1.54) is 12.0 Å². The van der Waals surface area contributed by atoms with Gasteiger partial charge >= 0.3 is 6.03 Å². The van der Waals surface area contributed by atoms with Gasteiger partial charge in [0, 0.05) is 39.6 Å². The van der Waals surface area contributed by atoms with Crippen LogP contribution >= 0.6 is 0 Å². The summed E-state index contributed by atoms with van der Waals surface area (Å²) in [6.07, 6.45) is 1.33. The smallest absolute Gasteiger partial charge is 0.316 e. The van der Waals surface area contributed by atoms with Crippen molar-refractivity contribution in [3.8, 4) is 0 Å². The van der Waals surface area contributed by atoms with Crippen LogP contribution in [0.1, 0.15) is 12.0 Å². The lowest BCUT2D eigenvalue weighted by Gasteiger charge is -2.36. The molecule has 0 unspecified atom stereocenters. The molecule has 0 saturated carbocycles. The highest BCUT2D eigenvalue weighted by atomic mass is 16.5. The van der Waals surface area contributed by atoms with Gasteiger partial charge in [0.2, 0.25) is 0 Å². The fourth-order valence-electron chi connectivity index (χ4n) is 3.64. The van der Waals surface area contributed by atoms with E-state index in [2.05, 4.69) is 40.5 Å². The normalized spacial score (nSPS) is 27.5. The second-order valence-corrected chi connectivity index (χ2v) is 6.89. The molecular weight excluding hydrogens is 290 g/mol. The molecule has 0 bridgehead atoms. The van der Waals surface area contributed by atoms with E-state index in [1.807, 2.05) is 0 Å². The number of amides is 2. The summed E-state index contributed by atoms with van der Waals surface area (Å²) in [7, 11) is 3.52. The predicted molar refractivity (Wildman–Crippen MR) is 90.1 cm³/mol. The van der Waals surface area contributed by atoms with E-state index in [9.17, 15) is 4.79 Å². The van der Waals surface area contributed by atoms with Crippen molar-refractivity contribution < 1.29 is 9.53 Å². The molecule has 1 aromatic carbocycles. The number of carbonyl (C=O) groups is 1. The van der Waals surface area contributed by atoms with Gasteiger partial charge < -0.3 is 15.0 Å². The molecular formula is C18H27N3O2. The molecule has 2 aliphatic heterocycles. The van der Waals surface area contributed by atoms with Crippen molar-refractivity contribution in [2.75, 3.05) is 40.3 Å². The highest BCUT2D eigenvalue weighted by Crippen LogP contribution is 2.34. The molecule has 5 nitrogen and oxygen atoms in total. The van der Waals surface area contributed by atoms with Crippen LogP contribution in [-0.2, 0) is 11.3 Å². The van der Waals surface area contributed by atoms with Crippen molar-refractivity contribution in [2.24, 2.45) is 11.8 Å². The van der Waals surface area contributed by atoms with E-state index in [0.717, 1.165) is 26.2 Å². The van der Waals surface area contributed by atoms with E-state index < -0.39 is 0 Å². The van der Waals surface area contributed by atoms with Crippen LogP contribution in [0.15, 0.2) is 30.3 Å². The Morgan fingerprint density at radius 1 is 1.35 bits per heavy atom. The maximum Gasteiger partial charge on any atom is 0.316 e. The topological polar surface area (TPSA) is 44.8 Å². The van der Waals surface area contributed by atoms with Crippen LogP contribution in [0.3, 0.4) is 0 Å². The molecule has 1 aromatic rings. The minimum absolute atomic E-state index is 0.0472. The molecule has 2 fully saturated rings. The van der Waals surface area contributed by atoms with Gasteiger partial charge in [0.15, 0.2) is 0 Å². The van der Waals surface area contributed by atoms with Crippen LogP contribution in [-0.4, -0.2) is 62.3 Å². The first kappa shape index (κ1) is 16.3. The number of nitrogens with one attached hydrogen (secondary N) is 1. The monoisotopic (exact) mass is 317 g/mol. The van der Waals surface area contributed by atoms with Gasteiger partial charge in [0.25, 0.3) is 0 Å². The molecule has 3 rings (SSSR count). The molecule has 126 valence electrons. The number of hydrogen-bond donors (Lipinski definition) is 1. The van der Waals surface area contributed by atoms with Crippen molar-refractivity contribution in [1.82, 2.24) is 15.1 Å². The number of nitrogens with zero attached hydrogens (tertiary/aromatic N) is 2. The summed E-state index contributed by atoms with van der Waals surface area (Å²) in [5.41, 5.74) is 1.36. The summed E-state index contributed by atoms with van der Waals surface area (Å²) in [6.45, 7) is 4.64. The first-order valence-electron chi connectivity index (χ1n) is 8.46. The summed E-state index contributed by atoms with van der Waals surface area (Å²) >= 11 is 0. The fraction of sp³-hybridized carbons (Fsp3) is 0.611. The van der Waals surface area contributed by atoms with E-state index in [0.29, 0.717) is 18.4 Å². The van der Waals surface area contributed by atoms with Gasteiger partial charge in [0.1, 0.15) is 0 Å². The first-order chi connectivity index (χ1) is 11.1. The molecule has 0 aliphatic carbocycles. The molecule has 2 amide bonds. The van der Waals surface area contributed by atoms with Gasteiger partial charge in [-0.15, -0.1) is 0 Å². The van der Waals surface area contributed by atoms with Crippen LogP contribution in [0.25, 0.3) is 0 Å². The van der Waals surface area contributed by atoms with E-state index in [-0.39, 0.29) is 12.1 Å². The predicted octanol–water partition coefficient (Wildman–Crippen LogP) is 1.79. The molecule has 2 heterocycles.